The number of nitrogens with zero attached hydrogens (tertiary/aromatic N) is 1. The van der Waals surface area contributed by atoms with E-state index in [9.17, 15) is 4.79 Å². The second kappa shape index (κ2) is 7.31. The molecule has 126 valence electrons. The summed E-state index contributed by atoms with van der Waals surface area (Å²) in [6.45, 7) is 8.75. The Labute approximate surface area is 135 Å². The second-order valence-electron chi connectivity index (χ2n) is 7.72. The Balaban J connectivity index is 1.46. The molecule has 1 saturated carbocycles. The second-order valence-corrected chi connectivity index (χ2v) is 7.72. The molecule has 3 aliphatic rings. The summed E-state index contributed by atoms with van der Waals surface area (Å²) in [4.78, 5) is 15.4. The maximum absolute atomic E-state index is 12.8. The Hall–Kier alpha value is -0.610. The summed E-state index contributed by atoms with van der Waals surface area (Å²) >= 11 is 0. The highest BCUT2D eigenvalue weighted by molar-refractivity contribution is 5.83. The van der Waals surface area contributed by atoms with Gasteiger partial charge in [0.05, 0.1) is 5.41 Å². The summed E-state index contributed by atoms with van der Waals surface area (Å²) in [5.41, 5.74) is -0.0822. The van der Waals surface area contributed by atoms with Crippen molar-refractivity contribution >= 4 is 5.91 Å². The summed E-state index contributed by atoms with van der Waals surface area (Å²) < 4.78 is 0. The fourth-order valence-electron chi connectivity index (χ4n) is 4.83. The fraction of sp³-hybridized carbons (Fsp3) is 0.944. The van der Waals surface area contributed by atoms with Crippen LogP contribution in [0.2, 0.25) is 0 Å². The number of hydrogen-bond acceptors (Lipinski definition) is 3. The van der Waals surface area contributed by atoms with Gasteiger partial charge in [0.15, 0.2) is 0 Å². The zero-order valence-electron chi connectivity index (χ0n) is 14.2. The van der Waals surface area contributed by atoms with Gasteiger partial charge in [-0.1, -0.05) is 19.8 Å². The molecule has 0 bridgehead atoms. The Morgan fingerprint density at radius 3 is 2.86 bits per heavy atom. The van der Waals surface area contributed by atoms with Crippen LogP contribution in [0, 0.1) is 17.3 Å². The quantitative estimate of drug-likeness (QED) is 0.816. The van der Waals surface area contributed by atoms with Crippen molar-refractivity contribution in [2.24, 2.45) is 17.3 Å². The van der Waals surface area contributed by atoms with Crippen molar-refractivity contribution in [3.05, 3.63) is 0 Å². The lowest BCUT2D eigenvalue weighted by Gasteiger charge is -2.38. The van der Waals surface area contributed by atoms with Gasteiger partial charge in [0.1, 0.15) is 0 Å². The first kappa shape index (κ1) is 16.3. The largest absolute Gasteiger partial charge is 0.355 e. The summed E-state index contributed by atoms with van der Waals surface area (Å²) in [5.74, 6) is 1.61. The van der Waals surface area contributed by atoms with Gasteiger partial charge in [0.25, 0.3) is 0 Å². The molecule has 22 heavy (non-hydrogen) atoms. The minimum atomic E-state index is -0.0822. The number of rotatable bonds is 5. The van der Waals surface area contributed by atoms with E-state index in [0.29, 0.717) is 17.7 Å². The van der Waals surface area contributed by atoms with E-state index in [1.807, 2.05) is 0 Å². The van der Waals surface area contributed by atoms with Crippen LogP contribution in [0.4, 0.5) is 0 Å². The molecule has 3 rings (SSSR count). The molecule has 1 amide bonds. The number of amides is 1. The topological polar surface area (TPSA) is 44.4 Å². The Bertz CT molecular complexity index is 379. The van der Waals surface area contributed by atoms with E-state index in [-0.39, 0.29) is 5.41 Å². The van der Waals surface area contributed by atoms with E-state index in [0.717, 1.165) is 26.1 Å². The number of piperidine rings is 1. The number of nitrogens with one attached hydrogen (secondary N) is 2. The van der Waals surface area contributed by atoms with Gasteiger partial charge in [-0.25, -0.2) is 0 Å². The van der Waals surface area contributed by atoms with E-state index in [2.05, 4.69) is 22.5 Å². The van der Waals surface area contributed by atoms with Crippen molar-refractivity contribution in [1.82, 2.24) is 15.5 Å². The highest BCUT2D eigenvalue weighted by Crippen LogP contribution is 2.43. The molecule has 0 aromatic rings. The third kappa shape index (κ3) is 3.33. The number of likely N-dealkylation sites (tertiary alicyclic amines) is 1. The molecule has 2 saturated heterocycles. The average molecular weight is 307 g/mol. The lowest BCUT2D eigenvalue weighted by atomic mass is 9.67. The molecule has 4 heteroatoms. The first-order chi connectivity index (χ1) is 10.7. The SMILES string of the molecule is CCCN1CCC(CNC(=O)[C@@]23CCCC[C@H]2CNC3)CC1. The van der Waals surface area contributed by atoms with E-state index in [4.69, 9.17) is 0 Å². The van der Waals surface area contributed by atoms with Crippen molar-refractivity contribution in [2.75, 3.05) is 39.3 Å². The van der Waals surface area contributed by atoms with Crippen LogP contribution in [0.5, 0.6) is 0 Å². The van der Waals surface area contributed by atoms with E-state index < -0.39 is 0 Å². The minimum Gasteiger partial charge on any atom is -0.355 e. The predicted molar refractivity (Wildman–Crippen MR) is 89.7 cm³/mol. The van der Waals surface area contributed by atoms with Gasteiger partial charge in [-0.05, 0) is 70.1 Å². The molecule has 2 heterocycles. The zero-order chi connectivity index (χ0) is 15.4. The standard InChI is InChI=1S/C18H33N3O/c1-2-9-21-10-6-15(7-11-21)12-20-17(22)18-8-4-3-5-16(18)13-19-14-18/h15-16,19H,2-14H2,1H3,(H,20,22)/t16-,18+/m0/s1. The molecule has 1 aliphatic carbocycles. The fourth-order valence-corrected chi connectivity index (χ4v) is 4.83. The molecule has 0 aromatic carbocycles. The Kier molecular flexibility index (Phi) is 5.40. The highest BCUT2D eigenvalue weighted by atomic mass is 16.2. The van der Waals surface area contributed by atoms with E-state index in [1.54, 1.807) is 0 Å². The van der Waals surface area contributed by atoms with Gasteiger partial charge in [0, 0.05) is 13.1 Å². The molecule has 0 spiro atoms. The first-order valence-electron chi connectivity index (χ1n) is 9.46. The van der Waals surface area contributed by atoms with Crippen LogP contribution >= 0.6 is 0 Å². The van der Waals surface area contributed by atoms with Crippen LogP contribution in [-0.4, -0.2) is 50.1 Å². The molecule has 2 atom stereocenters. The molecule has 4 nitrogen and oxygen atoms in total. The number of carbonyl (C=O) groups is 1. The van der Waals surface area contributed by atoms with Crippen LogP contribution in [0.1, 0.15) is 51.9 Å². The van der Waals surface area contributed by atoms with Crippen LogP contribution < -0.4 is 10.6 Å². The van der Waals surface area contributed by atoms with Crippen molar-refractivity contribution in [3.8, 4) is 0 Å². The Morgan fingerprint density at radius 2 is 2.09 bits per heavy atom. The van der Waals surface area contributed by atoms with Crippen LogP contribution in [0.25, 0.3) is 0 Å². The molecule has 0 unspecified atom stereocenters. The van der Waals surface area contributed by atoms with Gasteiger partial charge >= 0.3 is 0 Å². The van der Waals surface area contributed by atoms with E-state index in [1.165, 1.54) is 58.2 Å². The van der Waals surface area contributed by atoms with Crippen molar-refractivity contribution in [2.45, 2.75) is 51.9 Å². The first-order valence-corrected chi connectivity index (χ1v) is 9.46. The van der Waals surface area contributed by atoms with Crippen LogP contribution in [0.15, 0.2) is 0 Å². The van der Waals surface area contributed by atoms with Gasteiger partial charge in [0.2, 0.25) is 5.91 Å². The van der Waals surface area contributed by atoms with E-state index >= 15 is 0 Å². The van der Waals surface area contributed by atoms with Crippen molar-refractivity contribution in [3.63, 3.8) is 0 Å². The number of fused-ring (bicyclic) bond motifs is 1. The van der Waals surface area contributed by atoms with Gasteiger partial charge < -0.3 is 15.5 Å². The van der Waals surface area contributed by atoms with Crippen LogP contribution in [-0.2, 0) is 4.79 Å². The zero-order valence-corrected chi connectivity index (χ0v) is 14.2. The third-order valence-electron chi connectivity index (χ3n) is 6.29. The Morgan fingerprint density at radius 1 is 1.27 bits per heavy atom. The summed E-state index contributed by atoms with van der Waals surface area (Å²) in [5, 5.41) is 6.81. The lowest BCUT2D eigenvalue weighted by Crippen LogP contribution is -2.49. The molecule has 2 aliphatic heterocycles. The molecular formula is C18H33N3O. The summed E-state index contributed by atoms with van der Waals surface area (Å²) in [6, 6.07) is 0. The summed E-state index contributed by atoms with van der Waals surface area (Å²) in [7, 11) is 0. The normalized spacial score (nSPS) is 33.6. The predicted octanol–water partition coefficient (Wildman–Crippen LogP) is 2.00. The molecule has 0 aromatic heterocycles. The molecule has 2 N–H and O–H groups in total. The lowest BCUT2D eigenvalue weighted by molar-refractivity contribution is -0.134. The number of hydrogen-bond donors (Lipinski definition) is 2. The molecule has 3 fully saturated rings. The van der Waals surface area contributed by atoms with Crippen LogP contribution in [0.3, 0.4) is 0 Å². The smallest absolute Gasteiger partial charge is 0.227 e. The van der Waals surface area contributed by atoms with Crippen molar-refractivity contribution in [1.29, 1.82) is 0 Å². The average Bonchev–Trinajstić information content (AvgIpc) is 2.99. The monoisotopic (exact) mass is 307 g/mol. The van der Waals surface area contributed by atoms with Gasteiger partial charge in [-0.2, -0.15) is 0 Å². The summed E-state index contributed by atoms with van der Waals surface area (Å²) in [6.07, 6.45) is 8.59. The maximum atomic E-state index is 12.8. The molecular weight excluding hydrogens is 274 g/mol. The maximum Gasteiger partial charge on any atom is 0.227 e. The van der Waals surface area contributed by atoms with Crippen molar-refractivity contribution < 1.29 is 4.79 Å². The molecule has 0 radical (unpaired) electrons. The minimum absolute atomic E-state index is 0.0822. The van der Waals surface area contributed by atoms with Gasteiger partial charge in [-0.15, -0.1) is 0 Å². The van der Waals surface area contributed by atoms with Gasteiger partial charge in [-0.3, -0.25) is 4.79 Å². The highest BCUT2D eigenvalue weighted by Gasteiger charge is 2.49. The third-order valence-corrected chi connectivity index (χ3v) is 6.29. The number of carbonyl (C=O) groups excluding carboxylic acids is 1.